The summed E-state index contributed by atoms with van der Waals surface area (Å²) in [4.78, 5) is 4.43. The lowest BCUT2D eigenvalue weighted by molar-refractivity contribution is 0.536. The Morgan fingerprint density at radius 3 is 2.00 bits per heavy atom. The molecule has 0 radical (unpaired) electrons. The Kier molecular flexibility index (Phi) is 2.52. The predicted octanol–water partition coefficient (Wildman–Crippen LogP) is 2.63. The lowest BCUT2D eigenvalue weighted by Gasteiger charge is -2.19. The van der Waals surface area contributed by atoms with Crippen molar-refractivity contribution in [3.05, 3.63) is 15.2 Å². The van der Waals surface area contributed by atoms with Crippen molar-refractivity contribution < 1.29 is 0 Å². The van der Waals surface area contributed by atoms with Gasteiger partial charge in [0.05, 0.1) is 5.69 Å². The van der Waals surface area contributed by atoms with Crippen molar-refractivity contribution >= 4 is 22.6 Å². The van der Waals surface area contributed by atoms with Gasteiger partial charge in [0.1, 0.15) is 9.53 Å². The SMILES string of the molecule is Cc1nc(I)c(C(C)(C)C)n1C. The molecule has 3 heteroatoms. The molecule has 12 heavy (non-hydrogen) atoms. The number of nitrogens with zero attached hydrogens (tertiary/aromatic N) is 2. The minimum Gasteiger partial charge on any atom is -0.334 e. The van der Waals surface area contributed by atoms with Gasteiger partial charge in [-0.1, -0.05) is 20.8 Å². The van der Waals surface area contributed by atoms with Gasteiger partial charge in [-0.25, -0.2) is 4.98 Å². The highest BCUT2D eigenvalue weighted by molar-refractivity contribution is 14.1. The van der Waals surface area contributed by atoms with Gasteiger partial charge in [0.2, 0.25) is 0 Å². The van der Waals surface area contributed by atoms with E-state index in [1.807, 2.05) is 6.92 Å². The first kappa shape index (κ1) is 10.0. The number of hydrogen-bond acceptors (Lipinski definition) is 1. The van der Waals surface area contributed by atoms with Gasteiger partial charge in [0, 0.05) is 12.5 Å². The fraction of sp³-hybridized carbons (Fsp3) is 0.667. The minimum absolute atomic E-state index is 0.187. The molecular formula is C9H15IN2. The summed E-state index contributed by atoms with van der Waals surface area (Å²) in [6.07, 6.45) is 0. The third kappa shape index (κ3) is 1.65. The molecule has 0 saturated carbocycles. The van der Waals surface area contributed by atoms with Gasteiger partial charge in [0.15, 0.2) is 0 Å². The van der Waals surface area contributed by atoms with Crippen LogP contribution in [-0.2, 0) is 12.5 Å². The highest BCUT2D eigenvalue weighted by Gasteiger charge is 2.22. The number of imidazole rings is 1. The third-order valence-electron chi connectivity index (χ3n) is 1.99. The molecular weight excluding hydrogens is 263 g/mol. The molecule has 0 aliphatic rings. The number of rotatable bonds is 0. The maximum atomic E-state index is 4.43. The van der Waals surface area contributed by atoms with E-state index in [9.17, 15) is 0 Å². The van der Waals surface area contributed by atoms with Crippen LogP contribution in [0.4, 0.5) is 0 Å². The molecule has 0 unspecified atom stereocenters. The summed E-state index contributed by atoms with van der Waals surface area (Å²) in [5.41, 5.74) is 1.51. The van der Waals surface area contributed by atoms with Crippen molar-refractivity contribution in [1.82, 2.24) is 9.55 Å². The van der Waals surface area contributed by atoms with Crippen LogP contribution in [0.5, 0.6) is 0 Å². The molecule has 68 valence electrons. The highest BCUT2D eigenvalue weighted by atomic mass is 127. The smallest absolute Gasteiger partial charge is 0.123 e. The fourth-order valence-corrected chi connectivity index (χ4v) is 2.90. The lowest BCUT2D eigenvalue weighted by atomic mass is 9.93. The van der Waals surface area contributed by atoms with Crippen LogP contribution in [0.1, 0.15) is 32.3 Å². The van der Waals surface area contributed by atoms with Crippen LogP contribution in [0.3, 0.4) is 0 Å². The molecule has 0 saturated heterocycles. The first-order valence-corrected chi connectivity index (χ1v) is 5.11. The van der Waals surface area contributed by atoms with E-state index in [2.05, 4.69) is 60.0 Å². The van der Waals surface area contributed by atoms with Crippen molar-refractivity contribution in [2.45, 2.75) is 33.1 Å². The lowest BCUT2D eigenvalue weighted by Crippen LogP contribution is -2.17. The van der Waals surface area contributed by atoms with Gasteiger partial charge in [0.25, 0.3) is 0 Å². The Morgan fingerprint density at radius 2 is 1.83 bits per heavy atom. The first-order chi connectivity index (χ1) is 5.34. The molecule has 1 aromatic rings. The molecule has 0 N–H and O–H groups in total. The second kappa shape index (κ2) is 3.01. The number of hydrogen-bond donors (Lipinski definition) is 0. The summed E-state index contributed by atoms with van der Waals surface area (Å²) in [5, 5.41) is 0. The highest BCUT2D eigenvalue weighted by Crippen LogP contribution is 2.26. The quantitative estimate of drug-likeness (QED) is 0.667. The number of halogens is 1. The maximum Gasteiger partial charge on any atom is 0.123 e. The van der Waals surface area contributed by atoms with E-state index in [0.717, 1.165) is 9.53 Å². The fourth-order valence-electron chi connectivity index (χ4n) is 1.38. The van der Waals surface area contributed by atoms with Crippen LogP contribution in [0.25, 0.3) is 0 Å². The number of aromatic nitrogens is 2. The molecule has 0 amide bonds. The Morgan fingerprint density at radius 1 is 1.33 bits per heavy atom. The zero-order valence-electron chi connectivity index (χ0n) is 8.27. The van der Waals surface area contributed by atoms with Crippen LogP contribution in [-0.4, -0.2) is 9.55 Å². The van der Waals surface area contributed by atoms with Gasteiger partial charge in [-0.05, 0) is 29.5 Å². The number of aryl methyl sites for hydroxylation is 1. The van der Waals surface area contributed by atoms with E-state index < -0.39 is 0 Å². The van der Waals surface area contributed by atoms with Crippen LogP contribution >= 0.6 is 22.6 Å². The van der Waals surface area contributed by atoms with Gasteiger partial charge in [-0.2, -0.15) is 0 Å². The summed E-state index contributed by atoms with van der Waals surface area (Å²) < 4.78 is 3.29. The Balaban J connectivity index is 3.32. The molecule has 0 atom stereocenters. The summed E-state index contributed by atoms with van der Waals surface area (Å²) in [7, 11) is 2.07. The second-order valence-corrected chi connectivity index (χ2v) is 5.13. The standard InChI is InChI=1S/C9H15IN2/c1-6-11-8(10)7(12(6)5)9(2,3)4/h1-5H3. The van der Waals surface area contributed by atoms with E-state index >= 15 is 0 Å². The predicted molar refractivity (Wildman–Crippen MR) is 59.4 cm³/mol. The maximum absolute atomic E-state index is 4.43. The van der Waals surface area contributed by atoms with E-state index in [4.69, 9.17) is 0 Å². The molecule has 0 fully saturated rings. The molecule has 1 rings (SSSR count). The summed E-state index contributed by atoms with van der Waals surface area (Å²) in [5.74, 6) is 1.09. The van der Waals surface area contributed by atoms with Gasteiger partial charge in [-0.15, -0.1) is 0 Å². The summed E-state index contributed by atoms with van der Waals surface area (Å²) in [6, 6.07) is 0. The molecule has 0 aromatic carbocycles. The van der Waals surface area contributed by atoms with Crippen molar-refractivity contribution in [1.29, 1.82) is 0 Å². The van der Waals surface area contributed by atoms with E-state index in [1.54, 1.807) is 0 Å². The van der Waals surface area contributed by atoms with E-state index in [-0.39, 0.29) is 5.41 Å². The largest absolute Gasteiger partial charge is 0.334 e. The van der Waals surface area contributed by atoms with Gasteiger partial charge < -0.3 is 4.57 Å². The average molecular weight is 278 g/mol. The molecule has 0 spiro atoms. The van der Waals surface area contributed by atoms with Crippen molar-refractivity contribution in [2.24, 2.45) is 7.05 Å². The van der Waals surface area contributed by atoms with Crippen molar-refractivity contribution in [2.75, 3.05) is 0 Å². The monoisotopic (exact) mass is 278 g/mol. The Bertz CT molecular complexity index is 294. The average Bonchev–Trinajstić information content (AvgIpc) is 2.05. The normalized spacial score (nSPS) is 12.2. The molecule has 0 bridgehead atoms. The van der Waals surface area contributed by atoms with Crippen LogP contribution in [0.2, 0.25) is 0 Å². The molecule has 0 aliphatic heterocycles. The molecule has 1 aromatic heterocycles. The van der Waals surface area contributed by atoms with E-state index in [0.29, 0.717) is 0 Å². The third-order valence-corrected chi connectivity index (χ3v) is 2.74. The Labute approximate surface area is 87.5 Å². The molecule has 1 heterocycles. The summed E-state index contributed by atoms with van der Waals surface area (Å²) >= 11 is 2.30. The minimum atomic E-state index is 0.187. The van der Waals surface area contributed by atoms with Crippen molar-refractivity contribution in [3.63, 3.8) is 0 Å². The topological polar surface area (TPSA) is 17.8 Å². The van der Waals surface area contributed by atoms with E-state index in [1.165, 1.54) is 5.69 Å². The van der Waals surface area contributed by atoms with Gasteiger partial charge in [-0.3, -0.25) is 0 Å². The zero-order chi connectivity index (χ0) is 9.52. The van der Waals surface area contributed by atoms with Crippen LogP contribution in [0, 0.1) is 10.6 Å². The molecule has 0 aliphatic carbocycles. The summed E-state index contributed by atoms with van der Waals surface area (Å²) in [6.45, 7) is 8.68. The first-order valence-electron chi connectivity index (χ1n) is 4.03. The van der Waals surface area contributed by atoms with Gasteiger partial charge >= 0.3 is 0 Å². The Hall–Kier alpha value is -0.0600. The van der Waals surface area contributed by atoms with Crippen LogP contribution in [0.15, 0.2) is 0 Å². The zero-order valence-corrected chi connectivity index (χ0v) is 10.4. The van der Waals surface area contributed by atoms with Crippen LogP contribution < -0.4 is 0 Å². The second-order valence-electron chi connectivity index (χ2n) is 4.11. The van der Waals surface area contributed by atoms with Crippen molar-refractivity contribution in [3.8, 4) is 0 Å². The molecule has 2 nitrogen and oxygen atoms in total.